The van der Waals surface area contributed by atoms with E-state index in [0.29, 0.717) is 0 Å². The van der Waals surface area contributed by atoms with Gasteiger partial charge >= 0.3 is 24.2 Å². The van der Waals surface area contributed by atoms with Crippen LogP contribution in [0.1, 0.15) is 17.0 Å². The highest BCUT2D eigenvalue weighted by molar-refractivity contribution is 6.32. The fourth-order valence-electron chi connectivity index (χ4n) is 2.76. The zero-order valence-electron chi connectivity index (χ0n) is 16.7. The van der Waals surface area contributed by atoms with Crippen molar-refractivity contribution in [1.29, 1.82) is 0 Å². The third-order valence-corrected chi connectivity index (χ3v) is 4.63. The molecule has 18 heteroatoms. The summed E-state index contributed by atoms with van der Waals surface area (Å²) in [7, 11) is 0. The summed E-state index contributed by atoms with van der Waals surface area (Å²) >= 11 is 5.69. The number of benzene rings is 1. The molecule has 36 heavy (non-hydrogen) atoms. The Balaban J connectivity index is 2.24. The van der Waals surface area contributed by atoms with Crippen molar-refractivity contribution in [2.75, 3.05) is 5.84 Å². The van der Waals surface area contributed by atoms with Gasteiger partial charge in [0.25, 0.3) is 5.56 Å². The van der Waals surface area contributed by atoms with Gasteiger partial charge in [-0.2, -0.15) is 39.5 Å². The zero-order valence-corrected chi connectivity index (χ0v) is 17.4. The lowest BCUT2D eigenvalue weighted by molar-refractivity contribution is -0.145. The van der Waals surface area contributed by atoms with Gasteiger partial charge in [0.15, 0.2) is 5.69 Å². The van der Waals surface area contributed by atoms with Crippen molar-refractivity contribution in [3.8, 4) is 17.3 Å². The second-order valence-electron chi connectivity index (χ2n) is 6.73. The summed E-state index contributed by atoms with van der Waals surface area (Å²) in [5.41, 5.74) is -10.4. The van der Waals surface area contributed by atoms with Gasteiger partial charge in [0, 0.05) is 12.1 Å². The predicted octanol–water partition coefficient (Wildman–Crippen LogP) is 4.75. The van der Waals surface area contributed by atoms with E-state index in [9.17, 15) is 53.5 Å². The summed E-state index contributed by atoms with van der Waals surface area (Å²) in [5.74, 6) is 0.761. The van der Waals surface area contributed by atoms with E-state index in [-0.39, 0.29) is 34.9 Å². The summed E-state index contributed by atoms with van der Waals surface area (Å²) in [4.78, 5) is 27.2. The summed E-state index contributed by atoms with van der Waals surface area (Å²) in [6.07, 6.45) is -15.8. The highest BCUT2D eigenvalue weighted by Crippen LogP contribution is 2.41. The van der Waals surface area contributed by atoms with Gasteiger partial charge in [-0.3, -0.25) is 4.79 Å². The molecule has 3 aromatic rings. The van der Waals surface area contributed by atoms with E-state index >= 15 is 0 Å². The van der Waals surface area contributed by atoms with Gasteiger partial charge in [-0.25, -0.2) is 23.4 Å². The predicted molar refractivity (Wildman–Crippen MR) is 101 cm³/mol. The number of nitrogens with two attached hydrogens (primary N) is 1. The molecule has 0 saturated carbocycles. The molecule has 0 unspecified atom stereocenters. The van der Waals surface area contributed by atoms with E-state index in [1.54, 1.807) is 0 Å². The molecule has 0 spiro atoms. The molecular formula is C18H7ClF10N4O3. The normalized spacial score (nSPS) is 12.6. The molecule has 2 aromatic heterocycles. The van der Waals surface area contributed by atoms with Crippen LogP contribution in [0.25, 0.3) is 5.69 Å². The SMILES string of the molecule is Nn1c(C(F)(F)F)cc(=O)n(-c2cc(Oc3nc(C(F)(F)F)ccc3C(F)(F)F)c(Cl)cc2F)c1=O. The number of halogens is 11. The van der Waals surface area contributed by atoms with E-state index in [1.807, 2.05) is 0 Å². The number of hydrogen-bond acceptors (Lipinski definition) is 5. The second-order valence-corrected chi connectivity index (χ2v) is 7.14. The van der Waals surface area contributed by atoms with Crippen molar-refractivity contribution in [1.82, 2.24) is 14.2 Å². The van der Waals surface area contributed by atoms with Crippen molar-refractivity contribution < 1.29 is 48.6 Å². The van der Waals surface area contributed by atoms with E-state index in [2.05, 4.69) is 4.98 Å². The summed E-state index contributed by atoms with van der Waals surface area (Å²) in [6, 6.07) is 0.398. The number of nitrogen functional groups attached to an aromatic ring is 1. The van der Waals surface area contributed by atoms with E-state index < -0.39 is 79.6 Å². The molecule has 0 bridgehead atoms. The first kappa shape index (κ1) is 26.8. The smallest absolute Gasteiger partial charge is 0.433 e. The maximum Gasteiger partial charge on any atom is 0.433 e. The fourth-order valence-corrected chi connectivity index (χ4v) is 2.95. The van der Waals surface area contributed by atoms with Crippen molar-refractivity contribution in [2.45, 2.75) is 18.5 Å². The van der Waals surface area contributed by atoms with Crippen LogP contribution in [0, 0.1) is 5.82 Å². The Kier molecular flexibility index (Phi) is 6.50. The number of hydrogen-bond donors (Lipinski definition) is 1. The van der Waals surface area contributed by atoms with Gasteiger partial charge < -0.3 is 10.6 Å². The minimum absolute atomic E-state index is 0.00303. The molecule has 0 radical (unpaired) electrons. The van der Waals surface area contributed by atoms with Crippen molar-refractivity contribution in [3.63, 3.8) is 0 Å². The van der Waals surface area contributed by atoms with Crippen molar-refractivity contribution in [3.05, 3.63) is 79.0 Å². The standard InChI is InChI=1S/C18H7ClF10N4O3/c19-7-3-8(20)9(32-13(34)5-12(18(27,28)29)33(30)15(32)35)4-10(7)36-14-6(16(21,22)23)1-2-11(31-14)17(24,25)26/h1-5H,30H2. The minimum Gasteiger partial charge on any atom is -0.437 e. The molecule has 0 saturated heterocycles. The Labute approximate surface area is 195 Å². The van der Waals surface area contributed by atoms with Crippen LogP contribution in [-0.4, -0.2) is 14.2 Å². The fraction of sp³-hybridized carbons (Fsp3) is 0.167. The maximum atomic E-state index is 14.5. The van der Waals surface area contributed by atoms with Crippen molar-refractivity contribution >= 4 is 11.6 Å². The lowest BCUT2D eigenvalue weighted by atomic mass is 10.2. The van der Waals surface area contributed by atoms with Crippen LogP contribution >= 0.6 is 11.6 Å². The molecule has 0 fully saturated rings. The Hall–Kier alpha value is -3.76. The average molecular weight is 553 g/mol. The molecule has 7 nitrogen and oxygen atoms in total. The highest BCUT2D eigenvalue weighted by atomic mass is 35.5. The van der Waals surface area contributed by atoms with Crippen LogP contribution in [0.15, 0.2) is 39.9 Å². The quantitative estimate of drug-likeness (QED) is 0.374. The molecular weight excluding hydrogens is 546 g/mol. The molecule has 3 rings (SSSR count). The summed E-state index contributed by atoms with van der Waals surface area (Å²) < 4.78 is 136. The van der Waals surface area contributed by atoms with E-state index in [0.717, 1.165) is 0 Å². The lowest BCUT2D eigenvalue weighted by Crippen LogP contribution is -2.45. The van der Waals surface area contributed by atoms with E-state index in [4.69, 9.17) is 22.2 Å². The molecule has 1 aromatic carbocycles. The van der Waals surface area contributed by atoms with Gasteiger partial charge in [0.2, 0.25) is 5.88 Å². The number of rotatable bonds is 3. The van der Waals surface area contributed by atoms with Gasteiger partial charge in [-0.1, -0.05) is 11.6 Å². The third-order valence-electron chi connectivity index (χ3n) is 4.33. The molecule has 0 atom stereocenters. The summed E-state index contributed by atoms with van der Waals surface area (Å²) in [5, 5.41) is -0.864. The molecule has 2 heterocycles. The monoisotopic (exact) mass is 552 g/mol. The van der Waals surface area contributed by atoms with E-state index in [1.165, 1.54) is 0 Å². The highest BCUT2D eigenvalue weighted by Gasteiger charge is 2.40. The topological polar surface area (TPSA) is 92.1 Å². The Morgan fingerprint density at radius 2 is 1.50 bits per heavy atom. The first-order chi connectivity index (χ1) is 16.3. The second kappa shape index (κ2) is 8.72. The largest absolute Gasteiger partial charge is 0.437 e. The van der Waals surface area contributed by atoms with Crippen molar-refractivity contribution in [2.24, 2.45) is 0 Å². The zero-order chi connectivity index (χ0) is 27.4. The molecule has 0 aliphatic heterocycles. The molecule has 0 aliphatic rings. The van der Waals surface area contributed by atoms with Crippen LogP contribution in [0.2, 0.25) is 5.02 Å². The Morgan fingerprint density at radius 3 is 2.03 bits per heavy atom. The lowest BCUT2D eigenvalue weighted by Gasteiger charge is -2.17. The number of nitrogens with zero attached hydrogens (tertiary/aromatic N) is 3. The summed E-state index contributed by atoms with van der Waals surface area (Å²) in [6.45, 7) is 0. The van der Waals surface area contributed by atoms with Gasteiger partial charge in [0.05, 0.1) is 10.7 Å². The van der Waals surface area contributed by atoms with Crippen LogP contribution in [0.4, 0.5) is 43.9 Å². The molecule has 2 N–H and O–H groups in total. The minimum atomic E-state index is -5.29. The first-order valence-corrected chi connectivity index (χ1v) is 9.24. The molecule has 194 valence electrons. The van der Waals surface area contributed by atoms with Crippen LogP contribution in [0.5, 0.6) is 11.6 Å². The van der Waals surface area contributed by atoms with Crippen LogP contribution in [-0.2, 0) is 18.5 Å². The third kappa shape index (κ3) is 5.09. The van der Waals surface area contributed by atoms with Crippen LogP contribution < -0.4 is 21.8 Å². The van der Waals surface area contributed by atoms with Gasteiger partial charge in [0.1, 0.15) is 22.8 Å². The Morgan fingerprint density at radius 1 is 0.889 bits per heavy atom. The number of aromatic nitrogens is 3. The number of pyridine rings is 1. The number of ether oxygens (including phenoxy) is 1. The number of alkyl halides is 9. The average Bonchev–Trinajstić information content (AvgIpc) is 2.71. The van der Waals surface area contributed by atoms with Gasteiger partial charge in [-0.15, -0.1) is 0 Å². The molecule has 0 amide bonds. The van der Waals surface area contributed by atoms with Crippen LogP contribution in [0.3, 0.4) is 0 Å². The molecule has 0 aliphatic carbocycles. The first-order valence-electron chi connectivity index (χ1n) is 8.86. The maximum absolute atomic E-state index is 14.5. The Bertz CT molecular complexity index is 1460. The van der Waals surface area contributed by atoms with Gasteiger partial charge in [-0.05, 0) is 18.2 Å².